The third-order valence-corrected chi connectivity index (χ3v) is 1.51. The first kappa shape index (κ1) is 8.01. The summed E-state index contributed by atoms with van der Waals surface area (Å²) in [6.45, 7) is 5.22. The van der Waals surface area contributed by atoms with E-state index in [-0.39, 0.29) is 0 Å². The van der Waals surface area contributed by atoms with Crippen LogP contribution < -0.4 is 0 Å². The molecule has 0 saturated carbocycles. The number of hydrogen-bond donors (Lipinski definition) is 1. The molecule has 58 valence electrons. The van der Waals surface area contributed by atoms with Gasteiger partial charge in [0.15, 0.2) is 0 Å². The summed E-state index contributed by atoms with van der Waals surface area (Å²) in [5.74, 6) is 0. The van der Waals surface area contributed by atoms with Crippen molar-refractivity contribution in [1.82, 2.24) is 10.2 Å². The van der Waals surface area contributed by atoms with E-state index in [1.165, 1.54) is 0 Å². The van der Waals surface area contributed by atoms with Gasteiger partial charge in [0.25, 0.3) is 0 Å². The maximum Gasteiger partial charge on any atom is 0.130 e. The van der Waals surface area contributed by atoms with Gasteiger partial charge in [0.05, 0.1) is 11.9 Å². The minimum atomic E-state index is 0.359. The zero-order valence-corrected chi connectivity index (χ0v) is 6.89. The fourth-order valence-corrected chi connectivity index (χ4v) is 0.776. The summed E-state index contributed by atoms with van der Waals surface area (Å²) >= 11 is 5.61. The molecule has 0 spiro atoms. The van der Waals surface area contributed by atoms with Crippen molar-refractivity contribution in [3.63, 3.8) is 0 Å². The van der Waals surface area contributed by atoms with E-state index in [4.69, 9.17) is 11.6 Å². The molecule has 0 aromatic carbocycles. The molecule has 0 atom stereocenters. The van der Waals surface area contributed by atoms with Gasteiger partial charge in [-0.1, -0.05) is 11.6 Å². The van der Waals surface area contributed by atoms with Crippen molar-refractivity contribution < 1.29 is 0 Å². The first-order chi connectivity index (χ1) is 5.24. The molecule has 0 saturated heterocycles. The number of aromatic nitrogens is 2. The van der Waals surface area contributed by atoms with Crippen LogP contribution in [0.25, 0.3) is 6.08 Å². The Bertz CT molecular complexity index is 288. The number of aliphatic imine (C=N–C) groups is 1. The quantitative estimate of drug-likeness (QED) is 0.534. The number of rotatable bonds is 2. The zero-order valence-electron chi connectivity index (χ0n) is 6.13. The molecule has 0 aliphatic heterocycles. The molecule has 0 unspecified atom stereocenters. The van der Waals surface area contributed by atoms with Crippen molar-refractivity contribution in [3.8, 4) is 0 Å². The average Bonchev–Trinajstić information content (AvgIpc) is 2.37. The molecule has 3 nitrogen and oxygen atoms in total. The Balaban J connectivity index is 2.94. The number of nitrogens with zero attached hydrogens (tertiary/aromatic N) is 2. The van der Waals surface area contributed by atoms with Gasteiger partial charge in [-0.15, -0.1) is 0 Å². The van der Waals surface area contributed by atoms with E-state index in [1.54, 1.807) is 12.3 Å². The highest BCUT2D eigenvalue weighted by Crippen LogP contribution is 2.11. The second-order valence-corrected chi connectivity index (χ2v) is 2.48. The lowest BCUT2D eigenvalue weighted by atomic mass is 10.3. The number of aromatic amines is 1. The number of H-pyrrole nitrogens is 1. The van der Waals surface area contributed by atoms with E-state index < -0.39 is 0 Å². The Kier molecular flexibility index (Phi) is 2.44. The van der Waals surface area contributed by atoms with Crippen molar-refractivity contribution >= 4 is 24.4 Å². The Morgan fingerprint density at radius 2 is 2.64 bits per heavy atom. The topological polar surface area (TPSA) is 41.0 Å². The number of aryl methyl sites for hydroxylation is 1. The van der Waals surface area contributed by atoms with E-state index in [0.29, 0.717) is 5.16 Å². The van der Waals surface area contributed by atoms with Gasteiger partial charge in [0.2, 0.25) is 0 Å². The largest absolute Gasteiger partial charge is 0.278 e. The van der Waals surface area contributed by atoms with Crippen LogP contribution in [-0.2, 0) is 0 Å². The standard InChI is InChI=1S/C7H8ClN3/c1-5-4-10-11-6(5)3-7(8)9-2/h3-4H,2H2,1H3,(H,10,11)/b7-3-. The molecule has 11 heavy (non-hydrogen) atoms. The van der Waals surface area contributed by atoms with Gasteiger partial charge in [-0.05, 0) is 19.2 Å². The van der Waals surface area contributed by atoms with Crippen molar-refractivity contribution in [2.24, 2.45) is 4.99 Å². The van der Waals surface area contributed by atoms with Crippen LogP contribution in [0, 0.1) is 6.92 Å². The normalized spacial score (nSPS) is 11.6. The molecular formula is C7H8ClN3. The summed E-state index contributed by atoms with van der Waals surface area (Å²) in [6.07, 6.45) is 3.40. The van der Waals surface area contributed by atoms with Gasteiger partial charge in [-0.2, -0.15) is 5.10 Å². The van der Waals surface area contributed by atoms with Crippen LogP contribution >= 0.6 is 11.6 Å². The van der Waals surface area contributed by atoms with Crippen LogP contribution in [0.15, 0.2) is 16.3 Å². The van der Waals surface area contributed by atoms with E-state index in [9.17, 15) is 0 Å². The van der Waals surface area contributed by atoms with Gasteiger partial charge in [-0.3, -0.25) is 10.1 Å². The second-order valence-electron chi connectivity index (χ2n) is 2.09. The van der Waals surface area contributed by atoms with Gasteiger partial charge in [0, 0.05) is 6.08 Å². The molecule has 0 bridgehead atoms. The summed E-state index contributed by atoms with van der Waals surface area (Å²) in [7, 11) is 0. The van der Waals surface area contributed by atoms with Crippen molar-refractivity contribution in [3.05, 3.63) is 22.6 Å². The van der Waals surface area contributed by atoms with E-state index in [0.717, 1.165) is 11.3 Å². The summed E-state index contributed by atoms with van der Waals surface area (Å²) in [5.41, 5.74) is 1.90. The van der Waals surface area contributed by atoms with Crippen molar-refractivity contribution in [2.75, 3.05) is 0 Å². The molecule has 1 rings (SSSR count). The van der Waals surface area contributed by atoms with Crippen LogP contribution in [0.1, 0.15) is 11.3 Å². The molecule has 1 N–H and O–H groups in total. The lowest BCUT2D eigenvalue weighted by molar-refractivity contribution is 1.08. The first-order valence-corrected chi connectivity index (χ1v) is 3.45. The Labute approximate surface area is 69.8 Å². The maximum absolute atomic E-state index is 5.61. The predicted octanol–water partition coefficient (Wildman–Crippen LogP) is 1.96. The van der Waals surface area contributed by atoms with Crippen LogP contribution in [0.4, 0.5) is 0 Å². The average molecular weight is 170 g/mol. The fraction of sp³-hybridized carbons (Fsp3) is 0.143. The number of halogens is 1. The summed E-state index contributed by atoms with van der Waals surface area (Å²) in [5, 5.41) is 6.95. The fourth-order valence-electron chi connectivity index (χ4n) is 0.667. The molecule has 0 aliphatic rings. The highest BCUT2D eigenvalue weighted by atomic mass is 35.5. The monoisotopic (exact) mass is 169 g/mol. The Morgan fingerprint density at radius 1 is 1.91 bits per heavy atom. The lowest BCUT2D eigenvalue weighted by Crippen LogP contribution is -1.75. The van der Waals surface area contributed by atoms with Crippen LogP contribution in [-0.4, -0.2) is 16.9 Å². The molecule has 0 radical (unpaired) electrons. The number of hydrogen-bond acceptors (Lipinski definition) is 2. The Morgan fingerprint density at radius 3 is 3.09 bits per heavy atom. The summed E-state index contributed by atoms with van der Waals surface area (Å²) in [6, 6.07) is 0. The number of nitrogens with one attached hydrogen (secondary N) is 1. The molecule has 0 fully saturated rings. The van der Waals surface area contributed by atoms with Gasteiger partial charge < -0.3 is 0 Å². The first-order valence-electron chi connectivity index (χ1n) is 3.08. The van der Waals surface area contributed by atoms with Gasteiger partial charge in [0.1, 0.15) is 5.16 Å². The van der Waals surface area contributed by atoms with E-state index in [2.05, 4.69) is 21.9 Å². The smallest absolute Gasteiger partial charge is 0.130 e. The van der Waals surface area contributed by atoms with Crippen molar-refractivity contribution in [1.29, 1.82) is 0 Å². The molecule has 1 aromatic heterocycles. The van der Waals surface area contributed by atoms with Crippen LogP contribution in [0.2, 0.25) is 0 Å². The minimum Gasteiger partial charge on any atom is -0.278 e. The molecule has 1 heterocycles. The maximum atomic E-state index is 5.61. The van der Waals surface area contributed by atoms with Crippen LogP contribution in [0.5, 0.6) is 0 Å². The SMILES string of the molecule is C=N/C(Cl)=C\c1[nH]ncc1C. The third-order valence-electron chi connectivity index (χ3n) is 1.28. The zero-order chi connectivity index (χ0) is 8.27. The highest BCUT2D eigenvalue weighted by Gasteiger charge is 1.96. The van der Waals surface area contributed by atoms with E-state index in [1.807, 2.05) is 6.92 Å². The summed E-state index contributed by atoms with van der Waals surface area (Å²) in [4.78, 5) is 3.53. The second kappa shape index (κ2) is 3.34. The summed E-state index contributed by atoms with van der Waals surface area (Å²) < 4.78 is 0. The molecule has 0 aliphatic carbocycles. The van der Waals surface area contributed by atoms with Gasteiger partial charge >= 0.3 is 0 Å². The van der Waals surface area contributed by atoms with Crippen LogP contribution in [0.3, 0.4) is 0 Å². The predicted molar refractivity (Wildman–Crippen MR) is 46.7 cm³/mol. The lowest BCUT2D eigenvalue weighted by Gasteiger charge is -1.88. The Hall–Kier alpha value is -1.09. The highest BCUT2D eigenvalue weighted by molar-refractivity contribution is 6.31. The molecule has 0 amide bonds. The molecule has 4 heteroatoms. The van der Waals surface area contributed by atoms with Crippen molar-refractivity contribution in [2.45, 2.75) is 6.92 Å². The minimum absolute atomic E-state index is 0.359. The van der Waals surface area contributed by atoms with E-state index >= 15 is 0 Å². The van der Waals surface area contributed by atoms with Gasteiger partial charge in [-0.25, -0.2) is 0 Å². The molecule has 1 aromatic rings. The third kappa shape index (κ3) is 1.91. The molecular weight excluding hydrogens is 162 g/mol.